The number of hydrogen-bond donors (Lipinski definition) is 1. The zero-order chi connectivity index (χ0) is 21.8. The zero-order valence-electron chi connectivity index (χ0n) is 17.9. The average molecular weight is 422 g/mol. The molecule has 0 spiro atoms. The third-order valence-electron chi connectivity index (χ3n) is 5.72. The van der Waals surface area contributed by atoms with Gasteiger partial charge in [-0.3, -0.25) is 9.59 Å². The van der Waals surface area contributed by atoms with E-state index in [9.17, 15) is 9.59 Å². The van der Waals surface area contributed by atoms with Crippen LogP contribution in [0, 0.1) is 13.8 Å². The predicted molar refractivity (Wildman–Crippen MR) is 118 cm³/mol. The van der Waals surface area contributed by atoms with Crippen LogP contribution in [-0.4, -0.2) is 57.5 Å². The molecule has 162 valence electrons. The third-order valence-corrected chi connectivity index (χ3v) is 5.72. The minimum Gasteiger partial charge on any atom is -0.376 e. The Bertz CT molecular complexity index is 1090. The van der Waals surface area contributed by atoms with Crippen LogP contribution in [0.2, 0.25) is 0 Å². The van der Waals surface area contributed by atoms with Crippen LogP contribution in [0.3, 0.4) is 0 Å². The number of benzene rings is 2. The summed E-state index contributed by atoms with van der Waals surface area (Å²) < 4.78 is 7.29. The van der Waals surface area contributed by atoms with Crippen molar-refractivity contribution in [3.63, 3.8) is 0 Å². The Labute approximate surface area is 181 Å². The Kier molecular flexibility index (Phi) is 6.27. The van der Waals surface area contributed by atoms with Gasteiger partial charge in [0.05, 0.1) is 11.6 Å². The number of hydrogen-bond acceptors (Lipinski definition) is 5. The van der Waals surface area contributed by atoms with Gasteiger partial charge in [0.2, 0.25) is 11.8 Å². The van der Waals surface area contributed by atoms with Crippen molar-refractivity contribution in [1.82, 2.24) is 19.9 Å². The van der Waals surface area contributed by atoms with E-state index < -0.39 is 0 Å². The van der Waals surface area contributed by atoms with E-state index in [0.717, 1.165) is 40.7 Å². The molecule has 1 aromatic heterocycles. The largest absolute Gasteiger partial charge is 0.376 e. The van der Waals surface area contributed by atoms with Gasteiger partial charge in [0, 0.05) is 18.8 Å². The SMILES string of the molecule is Cc1cccc(NC(=O)CN(C[C@H]2CCCO2)C(=O)Cn2nnc3ccccc32)c1C. The van der Waals surface area contributed by atoms with Crippen molar-refractivity contribution in [2.75, 3.05) is 25.0 Å². The molecule has 1 saturated heterocycles. The summed E-state index contributed by atoms with van der Waals surface area (Å²) in [6, 6.07) is 13.3. The van der Waals surface area contributed by atoms with Gasteiger partial charge >= 0.3 is 0 Å². The van der Waals surface area contributed by atoms with E-state index in [4.69, 9.17) is 4.74 Å². The summed E-state index contributed by atoms with van der Waals surface area (Å²) in [6.07, 6.45) is 1.80. The van der Waals surface area contributed by atoms with Crippen LogP contribution in [0.15, 0.2) is 42.5 Å². The number of aromatic nitrogens is 3. The van der Waals surface area contributed by atoms with Gasteiger partial charge in [0.25, 0.3) is 0 Å². The molecule has 0 radical (unpaired) electrons. The first-order valence-corrected chi connectivity index (χ1v) is 10.5. The molecule has 1 N–H and O–H groups in total. The van der Waals surface area contributed by atoms with Crippen molar-refractivity contribution in [3.05, 3.63) is 53.6 Å². The molecule has 1 aliphatic heterocycles. The lowest BCUT2D eigenvalue weighted by molar-refractivity contribution is -0.136. The molecule has 2 aromatic carbocycles. The predicted octanol–water partition coefficient (Wildman–Crippen LogP) is 2.69. The van der Waals surface area contributed by atoms with E-state index in [-0.39, 0.29) is 31.0 Å². The van der Waals surface area contributed by atoms with E-state index in [0.29, 0.717) is 13.2 Å². The second-order valence-electron chi connectivity index (χ2n) is 7.94. The summed E-state index contributed by atoms with van der Waals surface area (Å²) in [5, 5.41) is 11.2. The quantitative estimate of drug-likeness (QED) is 0.634. The van der Waals surface area contributed by atoms with Gasteiger partial charge in [-0.25, -0.2) is 4.68 Å². The van der Waals surface area contributed by atoms with Gasteiger partial charge in [-0.05, 0) is 56.0 Å². The molecule has 8 heteroatoms. The van der Waals surface area contributed by atoms with Crippen LogP contribution in [-0.2, 0) is 20.9 Å². The van der Waals surface area contributed by atoms with Crippen molar-refractivity contribution in [3.8, 4) is 0 Å². The lowest BCUT2D eigenvalue weighted by Crippen LogP contribution is -2.43. The highest BCUT2D eigenvalue weighted by Crippen LogP contribution is 2.19. The van der Waals surface area contributed by atoms with Crippen molar-refractivity contribution < 1.29 is 14.3 Å². The fraction of sp³-hybridized carbons (Fsp3) is 0.391. The van der Waals surface area contributed by atoms with Gasteiger partial charge in [-0.2, -0.15) is 0 Å². The highest BCUT2D eigenvalue weighted by molar-refractivity contribution is 5.95. The fourth-order valence-electron chi connectivity index (χ4n) is 3.80. The first kappa shape index (κ1) is 21.0. The molecule has 3 aromatic rings. The van der Waals surface area contributed by atoms with Crippen LogP contribution in [0.4, 0.5) is 5.69 Å². The number of ether oxygens (including phenoxy) is 1. The maximum absolute atomic E-state index is 13.2. The van der Waals surface area contributed by atoms with E-state index in [1.165, 1.54) is 0 Å². The Morgan fingerprint density at radius 1 is 1.19 bits per heavy atom. The molecule has 1 fully saturated rings. The number of nitrogens with zero attached hydrogens (tertiary/aromatic N) is 4. The normalized spacial score (nSPS) is 15.9. The minimum atomic E-state index is -0.233. The van der Waals surface area contributed by atoms with Crippen LogP contribution in [0.1, 0.15) is 24.0 Å². The molecule has 8 nitrogen and oxygen atoms in total. The van der Waals surface area contributed by atoms with Crippen LogP contribution in [0.25, 0.3) is 11.0 Å². The molecule has 4 rings (SSSR count). The second-order valence-corrected chi connectivity index (χ2v) is 7.94. The first-order chi connectivity index (χ1) is 15.0. The standard InChI is InChI=1S/C23H27N5O3/c1-16-7-5-10-19(17(16)2)24-22(29)14-27(13-18-8-6-12-31-18)23(30)15-28-21-11-4-3-9-20(21)25-26-28/h3-5,7,9-11,18H,6,8,12-15H2,1-2H3,(H,24,29)/t18-/m1/s1. The summed E-state index contributed by atoms with van der Waals surface area (Å²) in [5.41, 5.74) is 4.39. The fourth-order valence-corrected chi connectivity index (χ4v) is 3.80. The number of amides is 2. The molecule has 0 saturated carbocycles. The monoisotopic (exact) mass is 421 g/mol. The molecule has 0 bridgehead atoms. The van der Waals surface area contributed by atoms with Crippen LogP contribution in [0.5, 0.6) is 0 Å². The highest BCUT2D eigenvalue weighted by Gasteiger charge is 2.25. The second kappa shape index (κ2) is 9.26. The molecule has 0 unspecified atom stereocenters. The summed E-state index contributed by atoms with van der Waals surface area (Å²) in [4.78, 5) is 27.5. The third kappa shape index (κ3) is 4.91. The van der Waals surface area contributed by atoms with Crippen LogP contribution < -0.4 is 5.32 Å². The number of fused-ring (bicyclic) bond motifs is 1. The molecule has 1 aliphatic rings. The topological polar surface area (TPSA) is 89.4 Å². The van der Waals surface area contributed by atoms with Crippen molar-refractivity contribution in [2.24, 2.45) is 0 Å². The highest BCUT2D eigenvalue weighted by atomic mass is 16.5. The van der Waals surface area contributed by atoms with Gasteiger partial charge in [0.1, 0.15) is 18.6 Å². The summed E-state index contributed by atoms with van der Waals surface area (Å²) in [7, 11) is 0. The van der Waals surface area contributed by atoms with E-state index in [1.54, 1.807) is 9.58 Å². The minimum absolute atomic E-state index is 0.0178. The number of nitrogens with one attached hydrogen (secondary N) is 1. The number of anilines is 1. The number of rotatable bonds is 7. The molecule has 1 atom stereocenters. The number of carbonyl (C=O) groups excluding carboxylic acids is 2. The first-order valence-electron chi connectivity index (χ1n) is 10.5. The van der Waals surface area contributed by atoms with Gasteiger partial charge < -0.3 is 15.0 Å². The lowest BCUT2D eigenvalue weighted by atomic mass is 10.1. The van der Waals surface area contributed by atoms with E-state index in [2.05, 4.69) is 15.6 Å². The van der Waals surface area contributed by atoms with Crippen molar-refractivity contribution >= 4 is 28.5 Å². The van der Waals surface area contributed by atoms with E-state index >= 15 is 0 Å². The lowest BCUT2D eigenvalue weighted by Gasteiger charge is -2.25. The smallest absolute Gasteiger partial charge is 0.244 e. The Morgan fingerprint density at radius 2 is 2.03 bits per heavy atom. The van der Waals surface area contributed by atoms with Gasteiger partial charge in [-0.1, -0.05) is 29.5 Å². The number of carbonyl (C=O) groups is 2. The Hall–Kier alpha value is -3.26. The molecular formula is C23H27N5O3. The molecule has 2 amide bonds. The Morgan fingerprint density at radius 3 is 2.84 bits per heavy atom. The molecule has 0 aliphatic carbocycles. The molecular weight excluding hydrogens is 394 g/mol. The van der Waals surface area contributed by atoms with Crippen molar-refractivity contribution in [2.45, 2.75) is 39.3 Å². The zero-order valence-corrected chi connectivity index (χ0v) is 17.9. The maximum Gasteiger partial charge on any atom is 0.244 e. The summed E-state index contributed by atoms with van der Waals surface area (Å²) in [5.74, 6) is -0.425. The molecule has 2 heterocycles. The molecule has 31 heavy (non-hydrogen) atoms. The summed E-state index contributed by atoms with van der Waals surface area (Å²) in [6.45, 7) is 5.01. The van der Waals surface area contributed by atoms with Gasteiger partial charge in [-0.15, -0.1) is 5.10 Å². The summed E-state index contributed by atoms with van der Waals surface area (Å²) >= 11 is 0. The average Bonchev–Trinajstić information content (AvgIpc) is 3.41. The van der Waals surface area contributed by atoms with Crippen LogP contribution >= 0.6 is 0 Å². The maximum atomic E-state index is 13.2. The number of para-hydroxylation sites is 1. The van der Waals surface area contributed by atoms with Crippen molar-refractivity contribution in [1.29, 1.82) is 0 Å². The Balaban J connectivity index is 1.48. The van der Waals surface area contributed by atoms with Gasteiger partial charge in [0.15, 0.2) is 0 Å². The number of aryl methyl sites for hydroxylation is 1. The van der Waals surface area contributed by atoms with E-state index in [1.807, 2.05) is 56.3 Å².